The highest BCUT2D eigenvalue weighted by Gasteiger charge is 2.21. The van der Waals surface area contributed by atoms with Gasteiger partial charge in [0.05, 0.1) is 16.9 Å². The van der Waals surface area contributed by atoms with Crippen LogP contribution in [0.3, 0.4) is 0 Å². The van der Waals surface area contributed by atoms with E-state index in [9.17, 15) is 9.59 Å². The monoisotopic (exact) mass is 428 g/mol. The molecule has 0 aliphatic heterocycles. The van der Waals surface area contributed by atoms with Crippen LogP contribution < -0.4 is 5.56 Å². The number of amides is 1. The fourth-order valence-corrected chi connectivity index (χ4v) is 5.73. The van der Waals surface area contributed by atoms with Gasteiger partial charge in [-0.05, 0) is 50.3 Å². The summed E-state index contributed by atoms with van der Waals surface area (Å²) in [5, 5.41) is 0.773. The molecule has 4 rings (SSSR count). The molecule has 3 aromatic rings. The van der Waals surface area contributed by atoms with Gasteiger partial charge < -0.3 is 9.88 Å². The van der Waals surface area contributed by atoms with Gasteiger partial charge in [-0.25, -0.2) is 4.98 Å². The lowest BCUT2D eigenvalue weighted by Crippen LogP contribution is -2.37. The van der Waals surface area contributed by atoms with Crippen LogP contribution in [0.1, 0.15) is 42.1 Å². The molecule has 3 heterocycles. The Kier molecular flexibility index (Phi) is 6.01. The summed E-state index contributed by atoms with van der Waals surface area (Å²) in [5.41, 5.74) is 2.16. The molecule has 0 radical (unpaired) electrons. The molecule has 0 fully saturated rings. The molecule has 0 spiro atoms. The first-order valence-electron chi connectivity index (χ1n) is 9.82. The number of hydrogen-bond donors (Lipinski definition) is 1. The number of rotatable bonds is 7. The minimum absolute atomic E-state index is 0.0447. The van der Waals surface area contributed by atoms with Crippen molar-refractivity contribution in [2.75, 3.05) is 5.75 Å². The van der Waals surface area contributed by atoms with Crippen LogP contribution >= 0.6 is 23.1 Å². The van der Waals surface area contributed by atoms with Gasteiger partial charge in [0.2, 0.25) is 5.91 Å². The molecule has 0 saturated carbocycles. The average Bonchev–Trinajstić information content (AvgIpc) is 3.27. The number of pyridine rings is 1. The quantitative estimate of drug-likeness (QED) is 0.623. The highest BCUT2D eigenvalue weighted by atomic mass is 32.2. The van der Waals surface area contributed by atoms with Gasteiger partial charge in [-0.1, -0.05) is 6.07 Å². The van der Waals surface area contributed by atoms with Gasteiger partial charge in [0.15, 0.2) is 0 Å². The zero-order chi connectivity index (χ0) is 20.4. The molecule has 3 aromatic heterocycles. The number of nitrogens with one attached hydrogen (secondary N) is 1. The second kappa shape index (κ2) is 8.67. The molecular formula is C21H24N4O2S2. The van der Waals surface area contributed by atoms with Crippen LogP contribution in [0.25, 0.3) is 10.2 Å². The largest absolute Gasteiger partial charge is 0.335 e. The first-order chi connectivity index (χ1) is 14.0. The predicted molar refractivity (Wildman–Crippen MR) is 118 cm³/mol. The van der Waals surface area contributed by atoms with E-state index in [2.05, 4.69) is 15.0 Å². The van der Waals surface area contributed by atoms with Crippen molar-refractivity contribution in [3.63, 3.8) is 0 Å². The molecule has 0 aromatic carbocycles. The van der Waals surface area contributed by atoms with E-state index < -0.39 is 0 Å². The highest BCUT2D eigenvalue weighted by Crippen LogP contribution is 2.34. The third kappa shape index (κ3) is 4.38. The normalized spacial score (nSPS) is 13.2. The SMILES string of the molecule is CC(C)N(Cc1cccnc1)C(=O)CSCc1nc2sc3c(c2c(=O)[nH]1)CCC3. The minimum atomic E-state index is -0.0447. The van der Waals surface area contributed by atoms with E-state index in [1.165, 1.54) is 22.2 Å². The van der Waals surface area contributed by atoms with Crippen LogP contribution in [0.5, 0.6) is 0 Å². The van der Waals surface area contributed by atoms with Crippen molar-refractivity contribution in [1.82, 2.24) is 19.9 Å². The Bertz CT molecular complexity index is 1080. The molecule has 0 unspecified atom stereocenters. The molecule has 0 saturated heterocycles. The Labute approximate surface area is 177 Å². The summed E-state index contributed by atoms with van der Waals surface area (Å²) in [4.78, 5) is 41.0. The molecule has 29 heavy (non-hydrogen) atoms. The Hall–Kier alpha value is -2.19. The first kappa shape index (κ1) is 20.1. The predicted octanol–water partition coefficient (Wildman–Crippen LogP) is 3.54. The van der Waals surface area contributed by atoms with E-state index in [0.717, 1.165) is 35.0 Å². The maximum absolute atomic E-state index is 12.7. The van der Waals surface area contributed by atoms with E-state index in [0.29, 0.717) is 23.9 Å². The van der Waals surface area contributed by atoms with E-state index in [1.807, 2.05) is 30.9 Å². The Balaban J connectivity index is 1.40. The van der Waals surface area contributed by atoms with E-state index in [-0.39, 0.29) is 17.5 Å². The summed E-state index contributed by atoms with van der Waals surface area (Å²) >= 11 is 3.13. The summed E-state index contributed by atoms with van der Waals surface area (Å²) in [5.74, 6) is 1.58. The number of aromatic amines is 1. The summed E-state index contributed by atoms with van der Waals surface area (Å²) in [6.07, 6.45) is 6.68. The number of carbonyl (C=O) groups excluding carboxylic acids is 1. The van der Waals surface area contributed by atoms with E-state index in [1.54, 1.807) is 23.7 Å². The van der Waals surface area contributed by atoms with Crippen molar-refractivity contribution in [3.05, 3.63) is 56.7 Å². The number of hydrogen-bond acceptors (Lipinski definition) is 6. The molecule has 152 valence electrons. The van der Waals surface area contributed by atoms with Crippen LogP contribution in [-0.4, -0.2) is 37.6 Å². The van der Waals surface area contributed by atoms with Crippen LogP contribution in [0.4, 0.5) is 0 Å². The molecule has 8 heteroatoms. The van der Waals surface area contributed by atoms with Crippen molar-refractivity contribution in [2.45, 2.75) is 51.4 Å². The van der Waals surface area contributed by atoms with Crippen molar-refractivity contribution < 1.29 is 4.79 Å². The summed E-state index contributed by atoms with van der Waals surface area (Å²) < 4.78 is 0. The number of H-pyrrole nitrogens is 1. The van der Waals surface area contributed by atoms with Crippen molar-refractivity contribution in [3.8, 4) is 0 Å². The van der Waals surface area contributed by atoms with E-state index >= 15 is 0 Å². The summed E-state index contributed by atoms with van der Waals surface area (Å²) in [7, 11) is 0. The lowest BCUT2D eigenvalue weighted by Gasteiger charge is -2.26. The number of thiophene rings is 1. The number of carbonyl (C=O) groups is 1. The van der Waals surface area contributed by atoms with Crippen LogP contribution in [0, 0.1) is 0 Å². The zero-order valence-electron chi connectivity index (χ0n) is 16.6. The second-order valence-corrected chi connectivity index (χ2v) is 9.59. The van der Waals surface area contributed by atoms with Crippen LogP contribution in [0.15, 0.2) is 29.3 Å². The van der Waals surface area contributed by atoms with Gasteiger partial charge in [0, 0.05) is 29.9 Å². The maximum atomic E-state index is 12.7. The van der Waals surface area contributed by atoms with Crippen molar-refractivity contribution >= 4 is 39.2 Å². The Morgan fingerprint density at radius 3 is 3.00 bits per heavy atom. The van der Waals surface area contributed by atoms with Gasteiger partial charge in [0.25, 0.3) is 5.56 Å². The Morgan fingerprint density at radius 2 is 2.24 bits per heavy atom. The molecule has 1 aliphatic carbocycles. The summed E-state index contributed by atoms with van der Waals surface area (Å²) in [6.45, 7) is 4.58. The standard InChI is InChI=1S/C21H24N4O2S2/c1-13(2)25(10-14-5-4-8-22-9-14)18(26)12-28-11-17-23-20(27)19-15-6-3-7-16(15)29-21(19)24-17/h4-5,8-9,13H,3,6-7,10-12H2,1-2H3,(H,23,24,27). The molecule has 6 nitrogen and oxygen atoms in total. The lowest BCUT2D eigenvalue weighted by atomic mass is 10.2. The van der Waals surface area contributed by atoms with E-state index in [4.69, 9.17) is 0 Å². The van der Waals surface area contributed by atoms with Crippen molar-refractivity contribution in [1.29, 1.82) is 0 Å². The van der Waals surface area contributed by atoms with Gasteiger partial charge in [-0.2, -0.15) is 0 Å². The Morgan fingerprint density at radius 1 is 1.38 bits per heavy atom. The lowest BCUT2D eigenvalue weighted by molar-refractivity contribution is -0.130. The number of fused-ring (bicyclic) bond motifs is 3. The fourth-order valence-electron chi connectivity index (χ4n) is 3.68. The molecular weight excluding hydrogens is 404 g/mol. The second-order valence-electron chi connectivity index (χ2n) is 7.52. The highest BCUT2D eigenvalue weighted by molar-refractivity contribution is 7.99. The minimum Gasteiger partial charge on any atom is -0.335 e. The molecule has 1 aliphatic rings. The number of thioether (sulfide) groups is 1. The molecule has 0 atom stereocenters. The van der Waals surface area contributed by atoms with Crippen LogP contribution in [0.2, 0.25) is 0 Å². The summed E-state index contributed by atoms with van der Waals surface area (Å²) in [6, 6.07) is 3.96. The fraction of sp³-hybridized carbons (Fsp3) is 0.429. The number of aromatic nitrogens is 3. The number of nitrogens with zero attached hydrogens (tertiary/aromatic N) is 3. The van der Waals surface area contributed by atoms with Crippen LogP contribution in [-0.2, 0) is 29.9 Å². The van der Waals surface area contributed by atoms with Gasteiger partial charge >= 0.3 is 0 Å². The third-order valence-electron chi connectivity index (χ3n) is 5.11. The van der Waals surface area contributed by atoms with Gasteiger partial charge in [-0.15, -0.1) is 23.1 Å². The smallest absolute Gasteiger partial charge is 0.259 e. The topological polar surface area (TPSA) is 79.0 Å². The van der Waals surface area contributed by atoms with Gasteiger partial charge in [-0.3, -0.25) is 14.6 Å². The van der Waals surface area contributed by atoms with Crippen molar-refractivity contribution in [2.24, 2.45) is 0 Å². The molecule has 1 N–H and O–H groups in total. The molecule has 1 amide bonds. The first-order valence-corrected chi connectivity index (χ1v) is 11.8. The molecule has 0 bridgehead atoms. The third-order valence-corrected chi connectivity index (χ3v) is 7.22. The zero-order valence-corrected chi connectivity index (χ0v) is 18.2. The number of aryl methyl sites for hydroxylation is 2. The maximum Gasteiger partial charge on any atom is 0.259 e. The average molecular weight is 429 g/mol. The van der Waals surface area contributed by atoms with Gasteiger partial charge in [0.1, 0.15) is 10.7 Å².